The number of piperidine rings is 1. The first-order valence-corrected chi connectivity index (χ1v) is 9.86. The average Bonchev–Trinajstić information content (AvgIpc) is 2.74. The molecule has 29 heavy (non-hydrogen) atoms. The summed E-state index contributed by atoms with van der Waals surface area (Å²) >= 11 is 0. The van der Waals surface area contributed by atoms with Crippen LogP contribution in [0.2, 0.25) is 0 Å². The lowest BCUT2D eigenvalue weighted by molar-refractivity contribution is -0.133. The number of carbonyl (C=O) groups is 2. The molecule has 6 nitrogen and oxygen atoms in total. The van der Waals surface area contributed by atoms with Gasteiger partial charge >= 0.3 is 0 Å². The number of amides is 2. The lowest BCUT2D eigenvalue weighted by Crippen LogP contribution is -2.42. The van der Waals surface area contributed by atoms with Crippen LogP contribution in [0.5, 0.6) is 11.5 Å². The number of ether oxygens (including phenoxy) is 2. The van der Waals surface area contributed by atoms with E-state index in [2.05, 4.69) is 5.32 Å². The van der Waals surface area contributed by atoms with Gasteiger partial charge in [0.2, 0.25) is 11.8 Å². The Bertz CT molecular complexity index is 873. The van der Waals surface area contributed by atoms with Crippen molar-refractivity contribution >= 4 is 17.5 Å². The van der Waals surface area contributed by atoms with Crippen molar-refractivity contribution in [1.82, 2.24) is 4.90 Å². The summed E-state index contributed by atoms with van der Waals surface area (Å²) in [4.78, 5) is 27.1. The molecule has 0 spiro atoms. The second-order valence-electron chi connectivity index (χ2n) is 7.38. The zero-order valence-electron chi connectivity index (χ0n) is 17.2. The van der Waals surface area contributed by atoms with Crippen molar-refractivity contribution in [3.8, 4) is 11.5 Å². The Morgan fingerprint density at radius 3 is 2.48 bits per heavy atom. The normalized spacial score (nSPS) is 14.4. The van der Waals surface area contributed by atoms with Gasteiger partial charge in [0.05, 0.1) is 26.3 Å². The Hall–Kier alpha value is -3.02. The van der Waals surface area contributed by atoms with Gasteiger partial charge in [-0.15, -0.1) is 0 Å². The molecule has 2 amide bonds. The molecule has 154 valence electrons. The number of aryl methyl sites for hydroxylation is 1. The van der Waals surface area contributed by atoms with Crippen LogP contribution in [0.3, 0.4) is 0 Å². The number of rotatable bonds is 6. The highest BCUT2D eigenvalue weighted by atomic mass is 16.5. The molecule has 0 unspecified atom stereocenters. The zero-order chi connectivity index (χ0) is 20.8. The van der Waals surface area contributed by atoms with E-state index in [9.17, 15) is 9.59 Å². The number of likely N-dealkylation sites (tertiary alicyclic amines) is 1. The molecule has 1 aliphatic heterocycles. The molecule has 0 aromatic heterocycles. The Kier molecular flexibility index (Phi) is 6.75. The van der Waals surface area contributed by atoms with E-state index in [0.717, 1.165) is 11.1 Å². The summed E-state index contributed by atoms with van der Waals surface area (Å²) in [6, 6.07) is 13.3. The van der Waals surface area contributed by atoms with Crippen molar-refractivity contribution in [2.24, 2.45) is 5.92 Å². The van der Waals surface area contributed by atoms with Crippen LogP contribution in [0, 0.1) is 12.8 Å². The highest BCUT2D eigenvalue weighted by Gasteiger charge is 2.27. The van der Waals surface area contributed by atoms with E-state index in [1.807, 2.05) is 36.1 Å². The molecule has 1 aliphatic rings. The Labute approximate surface area is 171 Å². The van der Waals surface area contributed by atoms with Gasteiger partial charge in [0.1, 0.15) is 11.5 Å². The van der Waals surface area contributed by atoms with Gasteiger partial charge in [-0.3, -0.25) is 9.59 Å². The summed E-state index contributed by atoms with van der Waals surface area (Å²) < 4.78 is 10.5. The summed E-state index contributed by atoms with van der Waals surface area (Å²) in [6.07, 6.45) is 1.72. The molecular formula is C23H28N2O4. The van der Waals surface area contributed by atoms with Crippen LogP contribution in [0.4, 0.5) is 5.69 Å². The molecule has 2 aromatic rings. The number of carbonyl (C=O) groups excluding carboxylic acids is 2. The molecule has 0 aliphatic carbocycles. The first-order valence-electron chi connectivity index (χ1n) is 9.86. The van der Waals surface area contributed by atoms with Crippen LogP contribution in [0.15, 0.2) is 42.5 Å². The van der Waals surface area contributed by atoms with Crippen LogP contribution in [0.1, 0.15) is 24.0 Å². The Balaban J connectivity index is 1.53. The lowest BCUT2D eigenvalue weighted by atomic mass is 9.95. The lowest BCUT2D eigenvalue weighted by Gasteiger charge is -2.31. The van der Waals surface area contributed by atoms with Gasteiger partial charge < -0.3 is 19.7 Å². The summed E-state index contributed by atoms with van der Waals surface area (Å²) in [5.74, 6) is 1.18. The fourth-order valence-corrected chi connectivity index (χ4v) is 3.64. The fraction of sp³-hybridized carbons (Fsp3) is 0.391. The van der Waals surface area contributed by atoms with Crippen LogP contribution in [-0.2, 0) is 16.0 Å². The smallest absolute Gasteiger partial charge is 0.227 e. The molecule has 0 atom stereocenters. The molecule has 0 bridgehead atoms. The summed E-state index contributed by atoms with van der Waals surface area (Å²) in [5.41, 5.74) is 2.80. The van der Waals surface area contributed by atoms with Gasteiger partial charge in [0, 0.05) is 25.1 Å². The van der Waals surface area contributed by atoms with E-state index in [4.69, 9.17) is 9.47 Å². The quantitative estimate of drug-likeness (QED) is 0.812. The zero-order valence-corrected chi connectivity index (χ0v) is 17.2. The van der Waals surface area contributed by atoms with Crippen molar-refractivity contribution in [2.45, 2.75) is 26.2 Å². The number of nitrogens with zero attached hydrogens (tertiary/aromatic N) is 1. The molecule has 1 fully saturated rings. The topological polar surface area (TPSA) is 67.9 Å². The molecule has 2 aromatic carbocycles. The van der Waals surface area contributed by atoms with Gasteiger partial charge in [0.25, 0.3) is 0 Å². The second kappa shape index (κ2) is 9.45. The first kappa shape index (κ1) is 20.7. The van der Waals surface area contributed by atoms with Crippen LogP contribution in [0.25, 0.3) is 0 Å². The van der Waals surface area contributed by atoms with Crippen molar-refractivity contribution in [1.29, 1.82) is 0 Å². The van der Waals surface area contributed by atoms with Crippen molar-refractivity contribution in [3.63, 3.8) is 0 Å². The fourth-order valence-electron chi connectivity index (χ4n) is 3.64. The predicted octanol–water partition coefficient (Wildman–Crippen LogP) is 3.43. The number of methoxy groups -OCH3 is 2. The molecule has 3 rings (SSSR count). The number of nitrogens with one attached hydrogen (secondary N) is 1. The maximum Gasteiger partial charge on any atom is 0.227 e. The first-order chi connectivity index (χ1) is 14.0. The van der Waals surface area contributed by atoms with Crippen molar-refractivity contribution in [2.75, 3.05) is 32.6 Å². The average molecular weight is 396 g/mol. The molecule has 1 heterocycles. The molecular weight excluding hydrogens is 368 g/mol. The summed E-state index contributed by atoms with van der Waals surface area (Å²) in [7, 11) is 3.14. The van der Waals surface area contributed by atoms with Crippen LogP contribution in [-0.4, -0.2) is 44.0 Å². The minimum Gasteiger partial charge on any atom is -0.497 e. The van der Waals surface area contributed by atoms with Crippen LogP contribution < -0.4 is 14.8 Å². The van der Waals surface area contributed by atoms with Crippen LogP contribution >= 0.6 is 0 Å². The Morgan fingerprint density at radius 1 is 1.07 bits per heavy atom. The minimum absolute atomic E-state index is 0.0424. The summed E-state index contributed by atoms with van der Waals surface area (Å²) in [5, 5.41) is 2.95. The highest BCUT2D eigenvalue weighted by Crippen LogP contribution is 2.30. The molecule has 1 N–H and O–H groups in total. The number of benzene rings is 2. The third kappa shape index (κ3) is 5.28. The standard InChI is InChI=1S/C23H28N2O4/c1-16-5-4-6-17(13-16)14-22(26)25-11-9-18(10-12-25)23(27)24-20-8-7-19(28-2)15-21(20)29-3/h4-8,13,15,18H,9-12,14H2,1-3H3,(H,24,27). The van der Waals surface area contributed by atoms with E-state index >= 15 is 0 Å². The number of anilines is 1. The highest BCUT2D eigenvalue weighted by molar-refractivity contribution is 5.94. The van der Waals surface area contributed by atoms with E-state index in [-0.39, 0.29) is 17.7 Å². The van der Waals surface area contributed by atoms with Gasteiger partial charge in [0.15, 0.2) is 0 Å². The van der Waals surface area contributed by atoms with Gasteiger partial charge in [-0.2, -0.15) is 0 Å². The number of hydrogen-bond acceptors (Lipinski definition) is 4. The van der Waals surface area contributed by atoms with E-state index in [1.165, 1.54) is 0 Å². The van der Waals surface area contributed by atoms with Gasteiger partial charge in [-0.25, -0.2) is 0 Å². The van der Waals surface area contributed by atoms with Crippen molar-refractivity contribution in [3.05, 3.63) is 53.6 Å². The van der Waals surface area contributed by atoms with E-state index in [1.54, 1.807) is 32.4 Å². The van der Waals surface area contributed by atoms with E-state index in [0.29, 0.717) is 49.5 Å². The summed E-state index contributed by atoms with van der Waals surface area (Å²) in [6.45, 7) is 3.22. The Morgan fingerprint density at radius 2 is 1.83 bits per heavy atom. The van der Waals surface area contributed by atoms with Gasteiger partial charge in [-0.1, -0.05) is 29.8 Å². The SMILES string of the molecule is COc1ccc(NC(=O)C2CCN(C(=O)Cc3cccc(C)c3)CC2)c(OC)c1. The molecule has 0 radical (unpaired) electrons. The second-order valence-corrected chi connectivity index (χ2v) is 7.38. The third-order valence-corrected chi connectivity index (χ3v) is 5.32. The monoisotopic (exact) mass is 396 g/mol. The van der Waals surface area contributed by atoms with E-state index < -0.39 is 0 Å². The molecule has 0 saturated carbocycles. The largest absolute Gasteiger partial charge is 0.497 e. The molecule has 1 saturated heterocycles. The van der Waals surface area contributed by atoms with Crippen molar-refractivity contribution < 1.29 is 19.1 Å². The minimum atomic E-state index is -0.121. The maximum atomic E-state index is 12.7. The third-order valence-electron chi connectivity index (χ3n) is 5.32. The van der Waals surface area contributed by atoms with Gasteiger partial charge in [-0.05, 0) is 37.5 Å². The maximum absolute atomic E-state index is 12.7. The number of hydrogen-bond donors (Lipinski definition) is 1. The predicted molar refractivity (Wildman–Crippen MR) is 112 cm³/mol. The molecule has 6 heteroatoms.